The molecular weight excluding hydrogens is 192 g/mol. The van der Waals surface area contributed by atoms with Crippen molar-refractivity contribution in [2.75, 3.05) is 0 Å². The lowest BCUT2D eigenvalue weighted by Crippen LogP contribution is -2.34. The molecule has 0 unspecified atom stereocenters. The number of hydrogen-bond donors (Lipinski definition) is 0. The Labute approximate surface area is 87.9 Å². The summed E-state index contributed by atoms with van der Waals surface area (Å²) in [6.45, 7) is 6.45. The Morgan fingerprint density at radius 2 is 1.79 bits per heavy atom. The van der Waals surface area contributed by atoms with Gasteiger partial charge >= 0.3 is 0 Å². The molecule has 0 radical (unpaired) electrons. The molecule has 72 valence electrons. The molecule has 0 saturated heterocycles. The third kappa shape index (κ3) is 1.44. The van der Waals surface area contributed by atoms with E-state index in [2.05, 4.69) is 30.3 Å². The topological polar surface area (TPSA) is 16.8 Å². The van der Waals surface area contributed by atoms with E-state index in [0.29, 0.717) is 0 Å². The standard InChI is InChI=1S/C11H13N2S/c1-8-9(2)14-10(3)13(8)11-4-6-12-7-5-11/h4-7H,1-3H3/q+1. The Balaban J connectivity index is 2.62. The number of nitrogens with zero attached hydrogens (tertiary/aromatic N) is 2. The molecule has 2 rings (SSSR count). The Kier molecular flexibility index (Phi) is 2.33. The molecule has 2 nitrogen and oxygen atoms in total. The molecule has 0 atom stereocenters. The van der Waals surface area contributed by atoms with Crippen LogP contribution in [0.1, 0.15) is 15.6 Å². The summed E-state index contributed by atoms with van der Waals surface area (Å²) in [5.41, 5.74) is 2.51. The van der Waals surface area contributed by atoms with Crippen molar-refractivity contribution in [2.24, 2.45) is 0 Å². The van der Waals surface area contributed by atoms with Crippen LogP contribution in [0.3, 0.4) is 0 Å². The first-order valence-corrected chi connectivity index (χ1v) is 5.41. The van der Waals surface area contributed by atoms with Crippen LogP contribution in [0, 0.1) is 20.8 Å². The molecule has 0 amide bonds. The normalized spacial score (nSPS) is 10.5. The summed E-state index contributed by atoms with van der Waals surface area (Å²) in [5.74, 6) is 0. The van der Waals surface area contributed by atoms with Gasteiger partial charge in [0.2, 0.25) is 10.7 Å². The molecule has 0 spiro atoms. The van der Waals surface area contributed by atoms with Crippen LogP contribution < -0.4 is 4.57 Å². The molecular formula is C11H13N2S+. The van der Waals surface area contributed by atoms with Crippen LogP contribution in [-0.2, 0) is 0 Å². The second kappa shape index (κ2) is 3.50. The summed E-state index contributed by atoms with van der Waals surface area (Å²) >= 11 is 1.83. The molecule has 0 saturated carbocycles. The number of aryl methyl sites for hydroxylation is 2. The molecule has 2 aromatic rings. The largest absolute Gasteiger partial charge is 0.264 e. The third-order valence-corrected chi connectivity index (χ3v) is 3.46. The van der Waals surface area contributed by atoms with Gasteiger partial charge in [-0.15, -0.1) is 0 Å². The van der Waals surface area contributed by atoms with Crippen LogP contribution in [0.15, 0.2) is 24.5 Å². The number of aromatic nitrogens is 2. The fraction of sp³-hybridized carbons (Fsp3) is 0.273. The number of thiazole rings is 1. The van der Waals surface area contributed by atoms with Crippen molar-refractivity contribution in [3.8, 4) is 5.69 Å². The zero-order valence-corrected chi connectivity index (χ0v) is 9.43. The summed E-state index contributed by atoms with van der Waals surface area (Å²) in [4.78, 5) is 5.40. The van der Waals surface area contributed by atoms with Gasteiger partial charge in [-0.25, -0.2) is 0 Å². The number of hydrogen-bond acceptors (Lipinski definition) is 2. The number of pyridine rings is 1. The van der Waals surface area contributed by atoms with Gasteiger partial charge in [-0.05, 0) is 6.92 Å². The minimum atomic E-state index is 1.19. The van der Waals surface area contributed by atoms with Gasteiger partial charge in [0.15, 0.2) is 5.69 Å². The first kappa shape index (κ1) is 9.34. The van der Waals surface area contributed by atoms with Gasteiger partial charge in [0.25, 0.3) is 0 Å². The fourth-order valence-corrected chi connectivity index (χ4v) is 2.62. The summed E-state index contributed by atoms with van der Waals surface area (Å²) in [5, 5.41) is 1.31. The van der Waals surface area contributed by atoms with Crippen molar-refractivity contribution < 1.29 is 4.57 Å². The zero-order valence-electron chi connectivity index (χ0n) is 8.61. The molecule has 0 N–H and O–H groups in total. The lowest BCUT2D eigenvalue weighted by Gasteiger charge is -1.94. The molecule has 0 fully saturated rings. The molecule has 0 aromatic carbocycles. The van der Waals surface area contributed by atoms with Gasteiger partial charge < -0.3 is 0 Å². The molecule has 14 heavy (non-hydrogen) atoms. The monoisotopic (exact) mass is 205 g/mol. The average Bonchev–Trinajstić information content (AvgIpc) is 2.43. The quantitative estimate of drug-likeness (QED) is 0.653. The molecule has 0 bridgehead atoms. The van der Waals surface area contributed by atoms with Crippen molar-refractivity contribution in [1.29, 1.82) is 0 Å². The Hall–Kier alpha value is -1.22. The lowest BCUT2D eigenvalue weighted by atomic mass is 10.3. The molecule has 0 aliphatic rings. The van der Waals surface area contributed by atoms with Crippen molar-refractivity contribution in [3.63, 3.8) is 0 Å². The second-order valence-electron chi connectivity index (χ2n) is 3.30. The van der Waals surface area contributed by atoms with Crippen LogP contribution in [0.4, 0.5) is 0 Å². The Morgan fingerprint density at radius 1 is 1.14 bits per heavy atom. The van der Waals surface area contributed by atoms with Crippen molar-refractivity contribution >= 4 is 11.3 Å². The smallest absolute Gasteiger partial charge is 0.240 e. The molecule has 0 aliphatic heterocycles. The van der Waals surface area contributed by atoms with E-state index in [4.69, 9.17) is 0 Å². The van der Waals surface area contributed by atoms with E-state index < -0.39 is 0 Å². The van der Waals surface area contributed by atoms with Crippen molar-refractivity contribution in [3.05, 3.63) is 40.1 Å². The minimum Gasteiger partial charge on any atom is -0.264 e. The van der Waals surface area contributed by atoms with Gasteiger partial charge in [0.1, 0.15) is 0 Å². The molecule has 2 heterocycles. The SMILES string of the molecule is Cc1sc(C)[n+](-c2ccncc2)c1C. The zero-order chi connectivity index (χ0) is 10.1. The maximum atomic E-state index is 4.03. The minimum absolute atomic E-state index is 1.19. The van der Waals surface area contributed by atoms with Gasteiger partial charge in [0, 0.05) is 38.4 Å². The maximum absolute atomic E-state index is 4.03. The van der Waals surface area contributed by atoms with E-state index in [9.17, 15) is 0 Å². The van der Waals surface area contributed by atoms with Crippen molar-refractivity contribution in [1.82, 2.24) is 4.98 Å². The van der Waals surface area contributed by atoms with E-state index in [0.717, 1.165) is 0 Å². The second-order valence-corrected chi connectivity index (χ2v) is 4.71. The Bertz CT molecular complexity index is 446. The van der Waals surface area contributed by atoms with Crippen LogP contribution in [0.2, 0.25) is 0 Å². The third-order valence-electron chi connectivity index (χ3n) is 2.38. The highest BCUT2D eigenvalue weighted by molar-refractivity contribution is 7.11. The van der Waals surface area contributed by atoms with Crippen LogP contribution in [0.25, 0.3) is 5.69 Å². The van der Waals surface area contributed by atoms with Gasteiger partial charge in [0.05, 0.1) is 4.88 Å². The number of rotatable bonds is 1. The summed E-state index contributed by atoms with van der Waals surface area (Å²) in [6.07, 6.45) is 3.66. The molecule has 2 aromatic heterocycles. The predicted octanol–water partition coefficient (Wildman–Crippen LogP) is 2.35. The Morgan fingerprint density at radius 3 is 2.29 bits per heavy atom. The fourth-order valence-electron chi connectivity index (χ4n) is 1.60. The summed E-state index contributed by atoms with van der Waals surface area (Å²) < 4.78 is 2.27. The summed E-state index contributed by atoms with van der Waals surface area (Å²) in [7, 11) is 0. The van der Waals surface area contributed by atoms with E-state index in [1.807, 2.05) is 35.9 Å². The van der Waals surface area contributed by atoms with Gasteiger partial charge in [-0.1, -0.05) is 11.3 Å². The maximum Gasteiger partial charge on any atom is 0.240 e. The van der Waals surface area contributed by atoms with Crippen LogP contribution in [0.5, 0.6) is 0 Å². The summed E-state index contributed by atoms with van der Waals surface area (Å²) in [6, 6.07) is 4.07. The highest BCUT2D eigenvalue weighted by Crippen LogP contribution is 2.16. The molecule has 3 heteroatoms. The highest BCUT2D eigenvalue weighted by Gasteiger charge is 2.19. The first-order valence-electron chi connectivity index (χ1n) is 4.59. The lowest BCUT2D eigenvalue weighted by molar-refractivity contribution is -0.603. The van der Waals surface area contributed by atoms with E-state index in [1.54, 1.807) is 0 Å². The van der Waals surface area contributed by atoms with E-state index in [1.165, 1.54) is 21.3 Å². The van der Waals surface area contributed by atoms with E-state index >= 15 is 0 Å². The van der Waals surface area contributed by atoms with Gasteiger partial charge in [-0.2, -0.15) is 4.57 Å². The predicted molar refractivity (Wildman–Crippen MR) is 57.9 cm³/mol. The first-order chi connectivity index (χ1) is 6.70. The average molecular weight is 205 g/mol. The molecule has 0 aliphatic carbocycles. The highest BCUT2D eigenvalue weighted by atomic mass is 32.1. The van der Waals surface area contributed by atoms with Gasteiger partial charge in [-0.3, -0.25) is 4.98 Å². The van der Waals surface area contributed by atoms with E-state index in [-0.39, 0.29) is 0 Å². The van der Waals surface area contributed by atoms with Crippen molar-refractivity contribution in [2.45, 2.75) is 20.8 Å². The van der Waals surface area contributed by atoms with Crippen LogP contribution in [-0.4, -0.2) is 4.98 Å². The van der Waals surface area contributed by atoms with Crippen LogP contribution >= 0.6 is 11.3 Å².